The highest BCUT2D eigenvalue weighted by Crippen LogP contribution is 2.33. The number of rotatable bonds is 7. The number of nitriles is 1. The van der Waals surface area contributed by atoms with Crippen molar-refractivity contribution in [3.63, 3.8) is 0 Å². The summed E-state index contributed by atoms with van der Waals surface area (Å²) in [5.41, 5.74) is 0.610. The highest BCUT2D eigenvalue weighted by atomic mass is 16.5. The fourth-order valence-corrected chi connectivity index (χ4v) is 2.48. The minimum Gasteiger partial charge on any atom is -0.477 e. The summed E-state index contributed by atoms with van der Waals surface area (Å²) >= 11 is 0. The van der Waals surface area contributed by atoms with Gasteiger partial charge in [0.15, 0.2) is 6.61 Å². The average molecular weight is 288 g/mol. The molecule has 0 bridgehead atoms. The number of ether oxygens (including phenoxy) is 2. The van der Waals surface area contributed by atoms with Gasteiger partial charge in [0.25, 0.3) is 0 Å². The summed E-state index contributed by atoms with van der Waals surface area (Å²) in [6.07, 6.45) is 2.72. The Kier molecular flexibility index (Phi) is 5.59. The fourth-order valence-electron chi connectivity index (χ4n) is 2.48. The van der Waals surface area contributed by atoms with Crippen molar-refractivity contribution in [2.75, 3.05) is 18.5 Å². The maximum atomic E-state index is 12.0. The van der Waals surface area contributed by atoms with Crippen molar-refractivity contribution in [1.82, 2.24) is 0 Å². The van der Waals surface area contributed by atoms with Crippen molar-refractivity contribution in [3.8, 4) is 11.8 Å². The molecule has 21 heavy (non-hydrogen) atoms. The van der Waals surface area contributed by atoms with E-state index in [1.807, 2.05) is 19.1 Å². The molecular formula is C16H20N2O3. The van der Waals surface area contributed by atoms with Crippen molar-refractivity contribution in [3.05, 3.63) is 24.3 Å². The molecule has 0 aromatic heterocycles. The van der Waals surface area contributed by atoms with E-state index in [0.29, 0.717) is 29.9 Å². The molecule has 1 saturated carbocycles. The van der Waals surface area contributed by atoms with Crippen LogP contribution in [0.1, 0.15) is 26.2 Å². The lowest BCUT2D eigenvalue weighted by Gasteiger charge is -2.34. The van der Waals surface area contributed by atoms with Gasteiger partial charge in [-0.25, -0.2) is 0 Å². The van der Waals surface area contributed by atoms with Crippen molar-refractivity contribution >= 4 is 11.6 Å². The fraction of sp³-hybridized carbons (Fsp3) is 0.500. The highest BCUT2D eigenvalue weighted by molar-refractivity contribution is 5.92. The van der Waals surface area contributed by atoms with Gasteiger partial charge in [-0.2, -0.15) is 5.26 Å². The quantitative estimate of drug-likeness (QED) is 0.837. The zero-order chi connectivity index (χ0) is 15.1. The molecule has 2 rings (SSSR count). The van der Waals surface area contributed by atoms with E-state index in [-0.39, 0.29) is 12.5 Å². The summed E-state index contributed by atoms with van der Waals surface area (Å²) in [6, 6.07) is 9.05. The van der Waals surface area contributed by atoms with Crippen molar-refractivity contribution < 1.29 is 14.3 Å². The summed E-state index contributed by atoms with van der Waals surface area (Å²) in [6.45, 7) is 2.68. The number of carbonyl (C=O) groups excluding carboxylic acids is 1. The van der Waals surface area contributed by atoms with Gasteiger partial charge in [0, 0.05) is 13.0 Å². The van der Waals surface area contributed by atoms with E-state index in [9.17, 15) is 4.79 Å². The number of amides is 1. The summed E-state index contributed by atoms with van der Waals surface area (Å²) in [5, 5.41) is 11.4. The van der Waals surface area contributed by atoms with Gasteiger partial charge in [-0.15, -0.1) is 0 Å². The number of hydrogen-bond donors (Lipinski definition) is 1. The predicted molar refractivity (Wildman–Crippen MR) is 78.9 cm³/mol. The van der Waals surface area contributed by atoms with E-state index in [2.05, 4.69) is 5.32 Å². The van der Waals surface area contributed by atoms with E-state index in [1.165, 1.54) is 0 Å². The first kappa shape index (κ1) is 15.3. The molecule has 1 aromatic carbocycles. The first-order chi connectivity index (χ1) is 10.2. The van der Waals surface area contributed by atoms with Crippen LogP contribution in [0.2, 0.25) is 0 Å². The molecule has 0 spiro atoms. The van der Waals surface area contributed by atoms with Crippen LogP contribution >= 0.6 is 0 Å². The summed E-state index contributed by atoms with van der Waals surface area (Å²) in [5.74, 6) is 0.893. The molecule has 0 heterocycles. The van der Waals surface area contributed by atoms with Crippen molar-refractivity contribution in [2.45, 2.75) is 32.3 Å². The van der Waals surface area contributed by atoms with Gasteiger partial charge in [0.05, 0.1) is 11.8 Å². The Morgan fingerprint density at radius 1 is 1.43 bits per heavy atom. The van der Waals surface area contributed by atoms with Gasteiger partial charge < -0.3 is 14.8 Å². The molecule has 1 amide bonds. The monoisotopic (exact) mass is 288 g/mol. The number of para-hydroxylation sites is 2. The molecule has 5 heteroatoms. The number of anilines is 1. The number of nitrogens with zero attached hydrogens (tertiary/aromatic N) is 1. The molecule has 0 unspecified atom stereocenters. The minimum absolute atomic E-state index is 0.0250. The molecule has 0 aliphatic heterocycles. The Morgan fingerprint density at radius 3 is 2.90 bits per heavy atom. The third-order valence-corrected chi connectivity index (χ3v) is 3.52. The maximum absolute atomic E-state index is 12.0. The second-order valence-corrected chi connectivity index (χ2v) is 5.11. The van der Waals surface area contributed by atoms with E-state index in [4.69, 9.17) is 14.7 Å². The largest absolute Gasteiger partial charge is 0.477 e. The third-order valence-electron chi connectivity index (χ3n) is 3.52. The van der Waals surface area contributed by atoms with Crippen LogP contribution in [-0.4, -0.2) is 25.2 Å². The molecule has 1 aromatic rings. The number of benzene rings is 1. The summed E-state index contributed by atoms with van der Waals surface area (Å²) in [4.78, 5) is 12.0. The van der Waals surface area contributed by atoms with Crippen LogP contribution in [0.3, 0.4) is 0 Å². The Balaban J connectivity index is 1.82. The van der Waals surface area contributed by atoms with Gasteiger partial charge in [-0.05, 0) is 37.8 Å². The Bertz CT molecular complexity index is 518. The molecule has 1 N–H and O–H groups in total. The van der Waals surface area contributed by atoms with Crippen molar-refractivity contribution in [1.29, 1.82) is 5.26 Å². The second kappa shape index (κ2) is 7.65. The molecule has 0 atom stereocenters. The molecule has 1 fully saturated rings. The molecule has 112 valence electrons. The maximum Gasteiger partial charge on any atom is 0.224 e. The molecule has 5 nitrogen and oxygen atoms in total. The van der Waals surface area contributed by atoms with E-state index in [1.54, 1.807) is 18.2 Å². The lowest BCUT2D eigenvalue weighted by Crippen LogP contribution is -2.33. The third kappa shape index (κ3) is 4.47. The standard InChI is InChI=1S/C16H20N2O3/c1-2-20-13-9-12(10-13)11-16(19)18-14-5-3-4-6-15(14)21-8-7-17/h3-6,12-13H,2,8-11H2,1H3,(H,18,19). The van der Waals surface area contributed by atoms with Crippen LogP contribution < -0.4 is 10.1 Å². The van der Waals surface area contributed by atoms with Gasteiger partial charge in [-0.1, -0.05) is 12.1 Å². The van der Waals surface area contributed by atoms with Crippen molar-refractivity contribution in [2.24, 2.45) is 5.92 Å². The normalized spacial score (nSPS) is 20.2. The minimum atomic E-state index is -0.0362. The zero-order valence-electron chi connectivity index (χ0n) is 12.2. The van der Waals surface area contributed by atoms with Crippen LogP contribution in [0.25, 0.3) is 0 Å². The van der Waals surface area contributed by atoms with Gasteiger partial charge in [0.2, 0.25) is 5.91 Å². The van der Waals surface area contributed by atoms with E-state index in [0.717, 1.165) is 19.4 Å². The molecule has 1 aliphatic carbocycles. The van der Waals surface area contributed by atoms with E-state index >= 15 is 0 Å². The molecule has 0 radical (unpaired) electrons. The lowest BCUT2D eigenvalue weighted by molar-refractivity contribution is -0.119. The Labute approximate surface area is 124 Å². The zero-order valence-corrected chi connectivity index (χ0v) is 12.2. The topological polar surface area (TPSA) is 71.3 Å². The first-order valence-electron chi connectivity index (χ1n) is 7.23. The van der Waals surface area contributed by atoms with Gasteiger partial charge >= 0.3 is 0 Å². The van der Waals surface area contributed by atoms with Crippen LogP contribution in [-0.2, 0) is 9.53 Å². The Morgan fingerprint density at radius 2 is 2.19 bits per heavy atom. The lowest BCUT2D eigenvalue weighted by atomic mass is 9.80. The smallest absolute Gasteiger partial charge is 0.224 e. The SMILES string of the molecule is CCOC1CC(CC(=O)Nc2ccccc2OCC#N)C1. The van der Waals surface area contributed by atoms with E-state index < -0.39 is 0 Å². The van der Waals surface area contributed by atoms with Crippen LogP contribution in [0.4, 0.5) is 5.69 Å². The van der Waals surface area contributed by atoms with Crippen LogP contribution in [0.5, 0.6) is 5.75 Å². The van der Waals surface area contributed by atoms with Crippen LogP contribution in [0.15, 0.2) is 24.3 Å². The summed E-state index contributed by atoms with van der Waals surface area (Å²) < 4.78 is 10.8. The number of carbonyl (C=O) groups is 1. The van der Waals surface area contributed by atoms with Crippen LogP contribution in [0, 0.1) is 17.2 Å². The molecule has 0 saturated heterocycles. The first-order valence-corrected chi connectivity index (χ1v) is 7.23. The van der Waals surface area contributed by atoms with Gasteiger partial charge in [0.1, 0.15) is 11.8 Å². The average Bonchev–Trinajstić information content (AvgIpc) is 2.44. The molecule has 1 aliphatic rings. The summed E-state index contributed by atoms with van der Waals surface area (Å²) in [7, 11) is 0. The van der Waals surface area contributed by atoms with Gasteiger partial charge in [-0.3, -0.25) is 4.79 Å². The predicted octanol–water partition coefficient (Wildman–Crippen LogP) is 2.73. The number of hydrogen-bond acceptors (Lipinski definition) is 4. The second-order valence-electron chi connectivity index (χ2n) is 5.11. The Hall–Kier alpha value is -2.06. The molecular weight excluding hydrogens is 268 g/mol. The highest BCUT2D eigenvalue weighted by Gasteiger charge is 2.31. The number of nitrogens with one attached hydrogen (secondary N) is 1.